The van der Waals surface area contributed by atoms with Crippen LogP contribution in [0.15, 0.2) is 65.8 Å². The lowest BCUT2D eigenvalue weighted by Crippen LogP contribution is -2.54. The largest absolute Gasteiger partial charge is 0.508 e. The minimum absolute atomic E-state index is 0.0477. The fourth-order valence-electron chi connectivity index (χ4n) is 15.0. The number of likely N-dealkylation sites (tertiary alicyclic amines) is 1. The highest BCUT2D eigenvalue weighted by molar-refractivity contribution is 6.23. The Morgan fingerprint density at radius 3 is 2.45 bits per heavy atom. The van der Waals surface area contributed by atoms with Gasteiger partial charge in [-0.2, -0.15) is 0 Å². The maximum Gasteiger partial charge on any atom is 0.291 e. The summed E-state index contributed by atoms with van der Waals surface area (Å²) in [4.78, 5) is 85.1. The van der Waals surface area contributed by atoms with Gasteiger partial charge < -0.3 is 29.9 Å². The van der Waals surface area contributed by atoms with Crippen LogP contribution in [0.25, 0.3) is 22.0 Å². The number of piperidine rings is 2. The summed E-state index contributed by atoms with van der Waals surface area (Å²) in [7, 11) is 0. The number of aliphatic imine (C=N–C) groups is 1. The summed E-state index contributed by atoms with van der Waals surface area (Å²) in [6.07, 6.45) is 9.36. The molecule has 1 spiro atoms. The van der Waals surface area contributed by atoms with Gasteiger partial charge in [-0.3, -0.25) is 44.1 Å². The van der Waals surface area contributed by atoms with E-state index < -0.39 is 41.2 Å². The van der Waals surface area contributed by atoms with Crippen molar-refractivity contribution in [1.82, 2.24) is 29.9 Å². The van der Waals surface area contributed by atoms with E-state index in [4.69, 9.17) is 14.7 Å². The van der Waals surface area contributed by atoms with Crippen LogP contribution in [0.4, 0.5) is 15.8 Å². The molecule has 4 aromatic rings. The van der Waals surface area contributed by atoms with Crippen LogP contribution in [0.5, 0.6) is 5.75 Å². The molecular formula is C56H60FN9O7. The van der Waals surface area contributed by atoms with Crippen molar-refractivity contribution in [2.24, 2.45) is 45.4 Å². The molecule has 9 fully saturated rings. The van der Waals surface area contributed by atoms with Crippen LogP contribution in [0.3, 0.4) is 0 Å². The second-order valence-electron chi connectivity index (χ2n) is 23.4. The van der Waals surface area contributed by atoms with E-state index in [1.165, 1.54) is 19.3 Å². The van der Waals surface area contributed by atoms with Gasteiger partial charge in [0, 0.05) is 86.6 Å². The molecular weight excluding hydrogens is 930 g/mol. The average molecular weight is 990 g/mol. The number of fused-ring (bicyclic) bond motifs is 5. The Hall–Kier alpha value is -6.46. The molecule has 5 atom stereocenters. The van der Waals surface area contributed by atoms with Crippen LogP contribution < -0.4 is 15.5 Å². The number of hydrogen-bond acceptors (Lipinski definition) is 13. The van der Waals surface area contributed by atoms with Gasteiger partial charge >= 0.3 is 0 Å². The molecule has 1 aromatic heterocycles. The normalized spacial score (nSPS) is 31.2. The number of amides is 5. The number of anilines is 2. The maximum absolute atomic E-state index is 17.4. The Labute approximate surface area is 422 Å². The third-order valence-corrected chi connectivity index (χ3v) is 19.2. The minimum atomic E-state index is -1.02. The SMILES string of the molecule is CC1(N2CC3CC4(C3)C3CC(C2)C34)N=C(OCC2(CN3CCC(C(=O)N4CCN(c5ccc6c(c5)C(=O)N(C5CCC(=O)NC5=O)C6=O)CC4)CC3)CC2)Nc2c1cnc(-c1cc(O)cc3ccccc13)c2F. The zero-order valence-electron chi connectivity index (χ0n) is 41.1. The fourth-order valence-corrected chi connectivity index (χ4v) is 15.0. The minimum Gasteiger partial charge on any atom is -0.508 e. The first-order chi connectivity index (χ1) is 35.3. The summed E-state index contributed by atoms with van der Waals surface area (Å²) in [6.45, 7) is 9.09. The summed E-state index contributed by atoms with van der Waals surface area (Å²) >= 11 is 0. The van der Waals surface area contributed by atoms with Crippen LogP contribution in [-0.2, 0) is 24.8 Å². The number of piperazine rings is 1. The molecule has 17 heteroatoms. The summed E-state index contributed by atoms with van der Waals surface area (Å²) in [6, 6.07) is 15.4. The monoisotopic (exact) mass is 989 g/mol. The second kappa shape index (κ2) is 16.3. The van der Waals surface area contributed by atoms with E-state index in [-0.39, 0.29) is 52.7 Å². The number of hydrogen-bond donors (Lipinski definition) is 3. The number of aromatic nitrogens is 1. The number of phenolic OH excluding ortho intramolecular Hbond substituents is 1. The quantitative estimate of drug-likeness (QED) is 0.169. The highest BCUT2D eigenvalue weighted by Gasteiger charge is 2.78. The predicted molar refractivity (Wildman–Crippen MR) is 268 cm³/mol. The van der Waals surface area contributed by atoms with Crippen LogP contribution in [-0.4, -0.2) is 137 Å². The molecule has 5 unspecified atom stereocenters. The molecule has 4 saturated carbocycles. The Kier molecular flexibility index (Phi) is 10.1. The van der Waals surface area contributed by atoms with Gasteiger partial charge in [0.05, 0.1) is 23.4 Å². The van der Waals surface area contributed by atoms with Gasteiger partial charge in [-0.15, -0.1) is 0 Å². The van der Waals surface area contributed by atoms with Crippen molar-refractivity contribution in [3.63, 3.8) is 0 Å². The number of halogens is 1. The van der Waals surface area contributed by atoms with Gasteiger partial charge in [0.1, 0.15) is 23.1 Å². The van der Waals surface area contributed by atoms with E-state index >= 15 is 4.39 Å². The first-order valence-corrected chi connectivity index (χ1v) is 26.6. The molecule has 7 aliphatic heterocycles. The smallest absolute Gasteiger partial charge is 0.291 e. The number of pyridine rings is 1. The lowest BCUT2D eigenvalue weighted by atomic mass is 9.68. The Morgan fingerprint density at radius 2 is 1.67 bits per heavy atom. The van der Waals surface area contributed by atoms with E-state index in [0.29, 0.717) is 72.9 Å². The molecule has 3 aromatic carbocycles. The lowest BCUT2D eigenvalue weighted by molar-refractivity contribution is -0.138. The van der Waals surface area contributed by atoms with Gasteiger partial charge in [0.15, 0.2) is 5.82 Å². The lowest BCUT2D eigenvalue weighted by Gasteiger charge is -2.49. The van der Waals surface area contributed by atoms with E-state index in [1.54, 1.807) is 30.5 Å². The first kappa shape index (κ1) is 45.2. The molecule has 2 bridgehead atoms. The number of carbonyl (C=O) groups excluding carboxylic acids is 5. The zero-order valence-corrected chi connectivity index (χ0v) is 41.1. The van der Waals surface area contributed by atoms with E-state index in [9.17, 15) is 29.1 Å². The number of rotatable bonds is 9. The van der Waals surface area contributed by atoms with E-state index in [0.717, 1.165) is 91.6 Å². The molecule has 11 aliphatic rings. The van der Waals surface area contributed by atoms with Crippen molar-refractivity contribution in [1.29, 1.82) is 0 Å². The number of amidine groups is 1. The molecule has 73 heavy (non-hydrogen) atoms. The van der Waals surface area contributed by atoms with Crippen LogP contribution in [0.1, 0.15) is 91.0 Å². The fraction of sp³-hybridized carbons (Fsp3) is 0.518. The molecule has 8 heterocycles. The molecule has 5 saturated heterocycles. The van der Waals surface area contributed by atoms with E-state index in [1.807, 2.05) is 35.2 Å². The van der Waals surface area contributed by atoms with Crippen LogP contribution in [0, 0.1) is 46.2 Å². The van der Waals surface area contributed by atoms with Crippen LogP contribution >= 0.6 is 0 Å². The van der Waals surface area contributed by atoms with Crippen LogP contribution in [0.2, 0.25) is 0 Å². The highest BCUT2D eigenvalue weighted by Crippen LogP contribution is 2.83. The van der Waals surface area contributed by atoms with Gasteiger partial charge in [-0.25, -0.2) is 9.38 Å². The van der Waals surface area contributed by atoms with Gasteiger partial charge in [-0.1, -0.05) is 24.3 Å². The summed E-state index contributed by atoms with van der Waals surface area (Å²) in [5, 5.41) is 17.9. The number of phenols is 1. The second-order valence-corrected chi connectivity index (χ2v) is 23.4. The van der Waals surface area contributed by atoms with Crippen molar-refractivity contribution < 1.29 is 38.2 Å². The number of nitrogens with zero attached hydrogens (tertiary/aromatic N) is 7. The average Bonchev–Trinajstić information content (AvgIpc) is 4.26. The summed E-state index contributed by atoms with van der Waals surface area (Å²) in [5.74, 6) is 0.500. The van der Waals surface area contributed by atoms with Crippen molar-refractivity contribution in [2.75, 3.05) is 75.7 Å². The molecule has 0 radical (unpaired) electrons. The molecule has 378 valence electrons. The third-order valence-electron chi connectivity index (χ3n) is 19.2. The Morgan fingerprint density at radius 1 is 0.890 bits per heavy atom. The Balaban J connectivity index is 0.622. The van der Waals surface area contributed by atoms with Gasteiger partial charge in [0.2, 0.25) is 17.7 Å². The third kappa shape index (κ3) is 7.14. The zero-order chi connectivity index (χ0) is 49.7. The molecule has 3 N–H and O–H groups in total. The molecule has 16 nitrogen and oxygen atoms in total. The maximum atomic E-state index is 17.4. The molecule has 15 rings (SSSR count). The Bertz CT molecular complexity index is 3100. The predicted octanol–water partition coefficient (Wildman–Crippen LogP) is 5.94. The number of imide groups is 2. The molecule has 4 aliphatic carbocycles. The van der Waals surface area contributed by atoms with Crippen molar-refractivity contribution in [3.05, 3.63) is 83.3 Å². The first-order valence-electron chi connectivity index (χ1n) is 26.6. The van der Waals surface area contributed by atoms with E-state index in [2.05, 4.69) is 32.3 Å². The number of nitrogens with one attached hydrogen (secondary N) is 2. The van der Waals surface area contributed by atoms with Crippen molar-refractivity contribution in [2.45, 2.75) is 76.4 Å². The summed E-state index contributed by atoms with van der Waals surface area (Å²) < 4.78 is 24.1. The number of ether oxygens (including phenoxy) is 1. The number of benzene rings is 3. The van der Waals surface area contributed by atoms with Gasteiger partial charge in [-0.05, 0) is 142 Å². The highest BCUT2D eigenvalue weighted by atomic mass is 19.1. The summed E-state index contributed by atoms with van der Waals surface area (Å²) in [5.41, 5.74) is 2.61. The number of aromatic hydroxyl groups is 1. The molecule has 5 amide bonds. The van der Waals surface area contributed by atoms with Crippen molar-refractivity contribution in [3.8, 4) is 17.0 Å². The van der Waals surface area contributed by atoms with Gasteiger partial charge in [0.25, 0.3) is 17.8 Å². The number of carbonyl (C=O) groups is 5. The van der Waals surface area contributed by atoms with Crippen molar-refractivity contribution >= 4 is 57.7 Å². The topological polar surface area (TPSA) is 180 Å². The standard InChI is InChI=1S/C56H60FN9O7/c1-54(65-27-31-24-56(25-31)41-21-34(28-65)45(41)56)42-26-58-47(39-23-36(67)20-33-4-2-3-5-37(33)39)46(57)48(42)60-53(61-54)73-30-55(12-13-55)29-62-14-10-32(11-15-62)50(70)64-18-16-63(17-19-64)35-6-7-38-40(22-35)52(72)66(51(38)71)43-8-9-44(68)59-49(43)69/h2-7,20,22-23,26,31-32,34,41,43,45,67H,8-19,21,24-25,27-30H2,1H3,(H,60,61)(H,59,68,69).